The zero-order chi connectivity index (χ0) is 19.0. The second-order valence-corrected chi connectivity index (χ2v) is 7.50. The Labute approximate surface area is 157 Å². The lowest BCUT2D eigenvalue weighted by Gasteiger charge is -2.17. The number of aryl methyl sites for hydroxylation is 5. The van der Waals surface area contributed by atoms with Crippen molar-refractivity contribution in [1.29, 1.82) is 0 Å². The molecule has 2 aromatic heterocycles. The van der Waals surface area contributed by atoms with Crippen molar-refractivity contribution in [3.05, 3.63) is 58.0 Å². The SMILES string of the molecule is CCC(CC)c1c(C)cc2c(Oc3c(C)cc(C)cc3C)nc(C)cn12. The van der Waals surface area contributed by atoms with Crippen LogP contribution in [0.3, 0.4) is 0 Å². The fraction of sp³-hybridized carbons (Fsp3) is 0.435. The maximum absolute atomic E-state index is 6.37. The molecular weight excluding hydrogens is 320 g/mol. The Kier molecular flexibility index (Phi) is 5.08. The molecule has 3 rings (SSSR count). The van der Waals surface area contributed by atoms with Crippen molar-refractivity contribution in [2.24, 2.45) is 0 Å². The molecule has 138 valence electrons. The van der Waals surface area contributed by atoms with Gasteiger partial charge >= 0.3 is 0 Å². The van der Waals surface area contributed by atoms with Crippen LogP contribution in [0.1, 0.15) is 66.2 Å². The Balaban J connectivity index is 2.18. The molecule has 0 fully saturated rings. The average Bonchev–Trinajstić information content (AvgIpc) is 2.89. The van der Waals surface area contributed by atoms with E-state index in [1.807, 2.05) is 6.92 Å². The second kappa shape index (κ2) is 7.14. The fourth-order valence-electron chi connectivity index (χ4n) is 4.10. The van der Waals surface area contributed by atoms with Crippen LogP contribution in [0.2, 0.25) is 0 Å². The summed E-state index contributed by atoms with van der Waals surface area (Å²) in [5.74, 6) is 2.16. The van der Waals surface area contributed by atoms with Crippen LogP contribution in [0.4, 0.5) is 0 Å². The summed E-state index contributed by atoms with van der Waals surface area (Å²) in [6, 6.07) is 6.54. The van der Waals surface area contributed by atoms with Crippen molar-refractivity contribution in [2.75, 3.05) is 0 Å². The third-order valence-corrected chi connectivity index (χ3v) is 5.26. The molecule has 0 amide bonds. The standard InChI is InChI=1S/C23H30N2O/c1-8-19(9-2)21-15(4)12-20-23(24-18(7)13-25(20)21)26-22-16(5)10-14(3)11-17(22)6/h10-13,19H,8-9H2,1-7H3. The quantitative estimate of drug-likeness (QED) is 0.520. The third kappa shape index (κ3) is 3.23. The Hall–Kier alpha value is -2.29. The molecule has 0 aliphatic rings. The number of nitrogens with zero attached hydrogens (tertiary/aromatic N) is 2. The number of ether oxygens (including phenoxy) is 1. The molecule has 3 heteroatoms. The lowest BCUT2D eigenvalue weighted by molar-refractivity contribution is 0.457. The second-order valence-electron chi connectivity index (χ2n) is 7.50. The summed E-state index contributed by atoms with van der Waals surface area (Å²) >= 11 is 0. The number of benzene rings is 1. The first-order valence-electron chi connectivity index (χ1n) is 9.60. The van der Waals surface area contributed by atoms with Crippen molar-refractivity contribution < 1.29 is 4.74 Å². The van der Waals surface area contributed by atoms with E-state index in [1.165, 1.54) is 16.8 Å². The molecule has 0 unspecified atom stereocenters. The van der Waals surface area contributed by atoms with Crippen LogP contribution in [0, 0.1) is 34.6 Å². The van der Waals surface area contributed by atoms with Gasteiger partial charge in [-0.05, 0) is 76.1 Å². The van der Waals surface area contributed by atoms with E-state index in [2.05, 4.69) is 70.3 Å². The highest BCUT2D eigenvalue weighted by Gasteiger charge is 2.19. The number of hydrogen-bond donors (Lipinski definition) is 0. The highest BCUT2D eigenvalue weighted by molar-refractivity contribution is 5.63. The minimum absolute atomic E-state index is 0.551. The molecule has 3 nitrogen and oxygen atoms in total. The van der Waals surface area contributed by atoms with Gasteiger partial charge in [0, 0.05) is 11.9 Å². The fourth-order valence-corrected chi connectivity index (χ4v) is 4.10. The van der Waals surface area contributed by atoms with Crippen LogP contribution in [0.25, 0.3) is 5.52 Å². The van der Waals surface area contributed by atoms with E-state index in [-0.39, 0.29) is 0 Å². The summed E-state index contributed by atoms with van der Waals surface area (Å²) < 4.78 is 8.67. The molecular formula is C23H30N2O. The molecule has 2 heterocycles. The molecule has 0 bridgehead atoms. The van der Waals surface area contributed by atoms with Gasteiger partial charge in [0.05, 0.1) is 5.69 Å². The summed E-state index contributed by atoms with van der Waals surface area (Å²) in [4.78, 5) is 4.72. The van der Waals surface area contributed by atoms with Gasteiger partial charge in [-0.15, -0.1) is 0 Å². The van der Waals surface area contributed by atoms with Gasteiger partial charge in [-0.2, -0.15) is 0 Å². The van der Waals surface area contributed by atoms with Crippen LogP contribution in [0.15, 0.2) is 24.4 Å². The van der Waals surface area contributed by atoms with E-state index in [0.29, 0.717) is 11.8 Å². The number of fused-ring (bicyclic) bond motifs is 1. The largest absolute Gasteiger partial charge is 0.436 e. The summed E-state index contributed by atoms with van der Waals surface area (Å²) in [7, 11) is 0. The predicted octanol–water partition coefficient (Wildman–Crippen LogP) is 6.57. The molecule has 26 heavy (non-hydrogen) atoms. The maximum atomic E-state index is 6.37. The van der Waals surface area contributed by atoms with Gasteiger partial charge in [0.15, 0.2) is 0 Å². The molecule has 0 aliphatic heterocycles. The normalized spacial score (nSPS) is 11.5. The van der Waals surface area contributed by atoms with Gasteiger partial charge in [-0.25, -0.2) is 4.98 Å². The highest BCUT2D eigenvalue weighted by Crippen LogP contribution is 2.35. The van der Waals surface area contributed by atoms with Crippen LogP contribution < -0.4 is 4.74 Å². The molecule has 1 aromatic carbocycles. The van der Waals surface area contributed by atoms with E-state index in [1.54, 1.807) is 0 Å². The van der Waals surface area contributed by atoms with E-state index < -0.39 is 0 Å². The van der Waals surface area contributed by atoms with Gasteiger partial charge in [-0.3, -0.25) is 0 Å². The predicted molar refractivity (Wildman–Crippen MR) is 109 cm³/mol. The Morgan fingerprint density at radius 1 is 0.923 bits per heavy atom. The smallest absolute Gasteiger partial charge is 0.244 e. The molecule has 0 radical (unpaired) electrons. The zero-order valence-electron chi connectivity index (χ0n) is 17.1. The van der Waals surface area contributed by atoms with E-state index in [4.69, 9.17) is 9.72 Å². The van der Waals surface area contributed by atoms with E-state index in [9.17, 15) is 0 Å². The third-order valence-electron chi connectivity index (χ3n) is 5.26. The highest BCUT2D eigenvalue weighted by atomic mass is 16.5. The summed E-state index contributed by atoms with van der Waals surface area (Å²) in [6.07, 6.45) is 4.41. The van der Waals surface area contributed by atoms with Crippen LogP contribution in [-0.2, 0) is 0 Å². The first-order chi connectivity index (χ1) is 12.3. The van der Waals surface area contributed by atoms with Gasteiger partial charge in [0.2, 0.25) is 5.88 Å². The Morgan fingerprint density at radius 3 is 2.12 bits per heavy atom. The zero-order valence-corrected chi connectivity index (χ0v) is 17.1. The number of rotatable bonds is 5. The number of aromatic nitrogens is 2. The van der Waals surface area contributed by atoms with Crippen LogP contribution in [0.5, 0.6) is 11.6 Å². The van der Waals surface area contributed by atoms with Gasteiger partial charge in [-0.1, -0.05) is 31.5 Å². The molecule has 0 saturated heterocycles. The summed E-state index contributed by atoms with van der Waals surface area (Å²) in [6.45, 7) is 15.1. The molecule has 0 saturated carbocycles. The van der Waals surface area contributed by atoms with Gasteiger partial charge in [0.25, 0.3) is 0 Å². The van der Waals surface area contributed by atoms with Gasteiger partial charge < -0.3 is 9.14 Å². The molecule has 0 spiro atoms. The first-order valence-corrected chi connectivity index (χ1v) is 9.60. The maximum Gasteiger partial charge on any atom is 0.244 e. The molecule has 0 N–H and O–H groups in total. The lowest BCUT2D eigenvalue weighted by Crippen LogP contribution is -2.04. The minimum Gasteiger partial charge on any atom is -0.436 e. The van der Waals surface area contributed by atoms with Crippen molar-refractivity contribution in [3.8, 4) is 11.6 Å². The van der Waals surface area contributed by atoms with Crippen molar-refractivity contribution >= 4 is 5.52 Å². The molecule has 0 aliphatic carbocycles. The molecule has 0 atom stereocenters. The van der Waals surface area contributed by atoms with Crippen LogP contribution in [-0.4, -0.2) is 9.38 Å². The van der Waals surface area contributed by atoms with Crippen molar-refractivity contribution in [3.63, 3.8) is 0 Å². The monoisotopic (exact) mass is 350 g/mol. The summed E-state index contributed by atoms with van der Waals surface area (Å²) in [5.41, 5.74) is 8.27. The summed E-state index contributed by atoms with van der Waals surface area (Å²) in [5, 5.41) is 0. The minimum atomic E-state index is 0.551. The Bertz CT molecular complexity index is 925. The Morgan fingerprint density at radius 2 is 1.54 bits per heavy atom. The van der Waals surface area contributed by atoms with E-state index in [0.717, 1.165) is 40.9 Å². The topological polar surface area (TPSA) is 26.5 Å². The van der Waals surface area contributed by atoms with Crippen molar-refractivity contribution in [1.82, 2.24) is 9.38 Å². The van der Waals surface area contributed by atoms with Crippen molar-refractivity contribution in [2.45, 2.75) is 67.2 Å². The lowest BCUT2D eigenvalue weighted by atomic mass is 9.97. The average molecular weight is 351 g/mol. The van der Waals surface area contributed by atoms with E-state index >= 15 is 0 Å². The van der Waals surface area contributed by atoms with Crippen LogP contribution >= 0.6 is 0 Å². The first kappa shape index (κ1) is 18.5. The van der Waals surface area contributed by atoms with Gasteiger partial charge in [0.1, 0.15) is 11.3 Å². The number of hydrogen-bond acceptors (Lipinski definition) is 2. The molecule has 3 aromatic rings.